The Morgan fingerprint density at radius 2 is 1.80 bits per heavy atom. The molecule has 0 radical (unpaired) electrons. The highest BCUT2D eigenvalue weighted by atomic mass is 16.6. The number of amides is 1. The van der Waals surface area contributed by atoms with Crippen LogP contribution in [-0.4, -0.2) is 49.7 Å². The van der Waals surface area contributed by atoms with Crippen LogP contribution in [0.25, 0.3) is 0 Å². The van der Waals surface area contributed by atoms with Gasteiger partial charge in [0.25, 0.3) is 0 Å². The van der Waals surface area contributed by atoms with E-state index in [0.717, 1.165) is 16.9 Å². The van der Waals surface area contributed by atoms with Crippen molar-refractivity contribution in [2.24, 2.45) is 5.92 Å². The zero-order valence-corrected chi connectivity index (χ0v) is 14.9. The lowest BCUT2D eigenvalue weighted by molar-refractivity contribution is -0.151. The zero-order valence-electron chi connectivity index (χ0n) is 14.9. The second-order valence-corrected chi connectivity index (χ2v) is 6.51. The van der Waals surface area contributed by atoms with E-state index in [1.54, 1.807) is 0 Å². The van der Waals surface area contributed by atoms with Crippen LogP contribution in [0.2, 0.25) is 0 Å². The highest BCUT2D eigenvalue weighted by Gasteiger charge is 2.28. The summed E-state index contributed by atoms with van der Waals surface area (Å²) < 4.78 is 16.3. The minimum Gasteiger partial charge on any atom is -0.486 e. The lowest BCUT2D eigenvalue weighted by Crippen LogP contribution is -2.41. The molecule has 0 bridgehead atoms. The zero-order chi connectivity index (χ0) is 17.8. The van der Waals surface area contributed by atoms with Gasteiger partial charge in [0, 0.05) is 13.1 Å². The molecule has 1 saturated heterocycles. The van der Waals surface area contributed by atoms with Gasteiger partial charge in [-0.1, -0.05) is 0 Å². The molecule has 2 heterocycles. The highest BCUT2D eigenvalue weighted by molar-refractivity contribution is 5.80. The van der Waals surface area contributed by atoms with Crippen molar-refractivity contribution in [3.05, 3.63) is 23.3 Å². The number of piperidine rings is 1. The van der Waals surface area contributed by atoms with Crippen LogP contribution in [0.3, 0.4) is 0 Å². The molecule has 1 aromatic rings. The van der Waals surface area contributed by atoms with Gasteiger partial charge in [-0.25, -0.2) is 0 Å². The molecule has 136 valence electrons. The van der Waals surface area contributed by atoms with Crippen LogP contribution >= 0.6 is 0 Å². The van der Waals surface area contributed by atoms with Crippen molar-refractivity contribution in [2.45, 2.75) is 33.1 Å². The second-order valence-electron chi connectivity index (χ2n) is 6.51. The first-order valence-corrected chi connectivity index (χ1v) is 8.92. The van der Waals surface area contributed by atoms with E-state index in [1.807, 2.05) is 30.9 Å². The van der Waals surface area contributed by atoms with Gasteiger partial charge in [0.2, 0.25) is 5.91 Å². The number of benzene rings is 1. The molecule has 25 heavy (non-hydrogen) atoms. The molecule has 2 aliphatic rings. The Morgan fingerprint density at radius 1 is 1.16 bits per heavy atom. The van der Waals surface area contributed by atoms with Gasteiger partial charge in [-0.3, -0.25) is 9.59 Å². The standard InChI is InChI=1S/C19H25NO5/c1-3-23-19(22)14-4-6-20(7-5-14)18(21)12-15-11-17-16(10-13(15)2)24-8-9-25-17/h10-11,14H,3-9,12H2,1-2H3. The smallest absolute Gasteiger partial charge is 0.309 e. The summed E-state index contributed by atoms with van der Waals surface area (Å²) in [7, 11) is 0. The first kappa shape index (κ1) is 17.6. The van der Waals surface area contributed by atoms with Gasteiger partial charge in [0.1, 0.15) is 13.2 Å². The van der Waals surface area contributed by atoms with E-state index in [2.05, 4.69) is 0 Å². The number of rotatable bonds is 4. The molecule has 0 unspecified atom stereocenters. The quantitative estimate of drug-likeness (QED) is 0.781. The fraction of sp³-hybridized carbons (Fsp3) is 0.579. The number of hydrogen-bond donors (Lipinski definition) is 0. The largest absolute Gasteiger partial charge is 0.486 e. The molecule has 0 saturated carbocycles. The van der Waals surface area contributed by atoms with Crippen molar-refractivity contribution in [3.63, 3.8) is 0 Å². The molecule has 1 fully saturated rings. The lowest BCUT2D eigenvalue weighted by atomic mass is 9.96. The molecule has 6 nitrogen and oxygen atoms in total. The molecule has 0 aliphatic carbocycles. The van der Waals surface area contributed by atoms with Crippen LogP contribution in [0.4, 0.5) is 0 Å². The molecule has 1 amide bonds. The maximum absolute atomic E-state index is 12.6. The number of nitrogens with zero attached hydrogens (tertiary/aromatic N) is 1. The molecular weight excluding hydrogens is 322 g/mol. The van der Waals surface area contributed by atoms with Crippen molar-refractivity contribution >= 4 is 11.9 Å². The van der Waals surface area contributed by atoms with Gasteiger partial charge >= 0.3 is 5.97 Å². The normalized spacial score (nSPS) is 17.3. The predicted octanol–water partition coefficient (Wildman–Crippen LogP) is 2.11. The van der Waals surface area contributed by atoms with Gasteiger partial charge in [-0.2, -0.15) is 0 Å². The third-order valence-electron chi connectivity index (χ3n) is 4.81. The topological polar surface area (TPSA) is 65.1 Å². The molecule has 0 N–H and O–H groups in total. The third kappa shape index (κ3) is 4.06. The monoisotopic (exact) mass is 347 g/mol. The van der Waals surface area contributed by atoms with Crippen molar-refractivity contribution in [2.75, 3.05) is 32.9 Å². The van der Waals surface area contributed by atoms with Gasteiger partial charge in [-0.05, 0) is 49.9 Å². The summed E-state index contributed by atoms with van der Waals surface area (Å²) in [6.45, 7) is 6.49. The summed E-state index contributed by atoms with van der Waals surface area (Å²) >= 11 is 0. The molecule has 2 aliphatic heterocycles. The van der Waals surface area contributed by atoms with E-state index < -0.39 is 0 Å². The minimum atomic E-state index is -0.141. The molecule has 3 rings (SSSR count). The van der Waals surface area contributed by atoms with E-state index >= 15 is 0 Å². The molecule has 6 heteroatoms. The Morgan fingerprint density at radius 3 is 2.44 bits per heavy atom. The number of hydrogen-bond acceptors (Lipinski definition) is 5. The van der Waals surface area contributed by atoms with Crippen LogP contribution in [-0.2, 0) is 20.7 Å². The van der Waals surface area contributed by atoms with Crippen molar-refractivity contribution in [1.82, 2.24) is 4.90 Å². The van der Waals surface area contributed by atoms with Crippen molar-refractivity contribution < 1.29 is 23.8 Å². The summed E-state index contributed by atoms with van der Waals surface area (Å²) in [6, 6.07) is 3.84. The summed E-state index contributed by atoms with van der Waals surface area (Å²) in [5.41, 5.74) is 1.99. The Hall–Kier alpha value is -2.24. The van der Waals surface area contributed by atoms with Gasteiger partial charge in [0.05, 0.1) is 18.9 Å². The molecular formula is C19H25NO5. The van der Waals surface area contributed by atoms with E-state index in [4.69, 9.17) is 14.2 Å². The number of likely N-dealkylation sites (tertiary alicyclic amines) is 1. The summed E-state index contributed by atoms with van der Waals surface area (Å²) in [6.07, 6.45) is 1.68. The fourth-order valence-electron chi connectivity index (χ4n) is 3.32. The predicted molar refractivity (Wildman–Crippen MR) is 91.8 cm³/mol. The Bertz CT molecular complexity index is 649. The number of carbonyl (C=O) groups is 2. The SMILES string of the molecule is CCOC(=O)C1CCN(C(=O)Cc2cc3c(cc2C)OCCO3)CC1. The van der Waals surface area contributed by atoms with Crippen LogP contribution in [0.5, 0.6) is 11.5 Å². The van der Waals surface area contributed by atoms with Crippen molar-refractivity contribution in [3.8, 4) is 11.5 Å². The van der Waals surface area contributed by atoms with E-state index in [9.17, 15) is 9.59 Å². The third-order valence-corrected chi connectivity index (χ3v) is 4.81. The number of aryl methyl sites for hydroxylation is 1. The number of esters is 1. The minimum absolute atomic E-state index is 0.0833. The average Bonchev–Trinajstić information content (AvgIpc) is 2.62. The average molecular weight is 347 g/mol. The molecule has 0 spiro atoms. The molecule has 1 aromatic carbocycles. The number of carbonyl (C=O) groups excluding carboxylic acids is 2. The molecule has 0 atom stereocenters. The summed E-state index contributed by atoms with van der Waals surface area (Å²) in [5.74, 6) is 1.32. The first-order chi connectivity index (χ1) is 12.1. The maximum Gasteiger partial charge on any atom is 0.309 e. The van der Waals surface area contributed by atoms with E-state index in [-0.39, 0.29) is 17.8 Å². The summed E-state index contributed by atoms with van der Waals surface area (Å²) in [4.78, 5) is 26.3. The Balaban J connectivity index is 1.59. The fourth-order valence-corrected chi connectivity index (χ4v) is 3.32. The second kappa shape index (κ2) is 7.76. The van der Waals surface area contributed by atoms with E-state index in [1.165, 1.54) is 0 Å². The number of ether oxygens (including phenoxy) is 3. The van der Waals surface area contributed by atoms with Crippen molar-refractivity contribution in [1.29, 1.82) is 0 Å². The number of fused-ring (bicyclic) bond motifs is 1. The highest BCUT2D eigenvalue weighted by Crippen LogP contribution is 2.33. The maximum atomic E-state index is 12.6. The van der Waals surface area contributed by atoms with Crippen LogP contribution in [0, 0.1) is 12.8 Å². The van der Waals surface area contributed by atoms with Gasteiger partial charge < -0.3 is 19.1 Å². The first-order valence-electron chi connectivity index (χ1n) is 8.92. The van der Waals surface area contributed by atoms with Crippen LogP contribution < -0.4 is 9.47 Å². The van der Waals surface area contributed by atoms with Gasteiger partial charge in [0.15, 0.2) is 11.5 Å². The molecule has 0 aromatic heterocycles. The lowest BCUT2D eigenvalue weighted by Gasteiger charge is -2.31. The van der Waals surface area contributed by atoms with E-state index in [0.29, 0.717) is 57.9 Å². The summed E-state index contributed by atoms with van der Waals surface area (Å²) in [5, 5.41) is 0. The van der Waals surface area contributed by atoms with Crippen LogP contribution in [0.15, 0.2) is 12.1 Å². The van der Waals surface area contributed by atoms with Gasteiger partial charge in [-0.15, -0.1) is 0 Å². The van der Waals surface area contributed by atoms with Crippen LogP contribution in [0.1, 0.15) is 30.9 Å². The Labute approximate surface area is 148 Å². The Kier molecular flexibility index (Phi) is 5.46.